The van der Waals surface area contributed by atoms with Gasteiger partial charge in [-0.1, -0.05) is 6.92 Å². The van der Waals surface area contributed by atoms with E-state index in [0.29, 0.717) is 44.9 Å². The lowest BCUT2D eigenvalue weighted by Crippen LogP contribution is -2.44. The SMILES string of the molecule is CC1CCC(N2C[C@@H](C(=O)N3CCC(C(=O)O)CC3)CC2=O)CC1. The average molecular weight is 336 g/mol. The Morgan fingerprint density at radius 2 is 1.62 bits per heavy atom. The first kappa shape index (κ1) is 17.2. The first-order valence-electron chi connectivity index (χ1n) is 9.26. The second-order valence-corrected chi connectivity index (χ2v) is 7.80. The number of amides is 2. The third-order valence-corrected chi connectivity index (χ3v) is 6.09. The molecule has 1 saturated carbocycles. The summed E-state index contributed by atoms with van der Waals surface area (Å²) in [5.74, 6) is -0.437. The Kier molecular flexibility index (Phi) is 5.11. The minimum atomic E-state index is -0.768. The molecule has 2 aliphatic heterocycles. The maximum atomic E-state index is 12.7. The normalized spacial score (nSPS) is 32.2. The Morgan fingerprint density at radius 3 is 2.21 bits per heavy atom. The first-order valence-corrected chi connectivity index (χ1v) is 9.26. The van der Waals surface area contributed by atoms with E-state index in [9.17, 15) is 14.4 Å². The first-order chi connectivity index (χ1) is 11.5. The molecule has 0 aromatic heterocycles. The molecule has 3 aliphatic rings. The summed E-state index contributed by atoms with van der Waals surface area (Å²) in [5, 5.41) is 9.05. The number of carboxylic acid groups (broad SMARTS) is 1. The third kappa shape index (κ3) is 3.57. The lowest BCUT2D eigenvalue weighted by Gasteiger charge is -2.34. The number of carbonyl (C=O) groups excluding carboxylic acids is 2. The van der Waals surface area contributed by atoms with Crippen molar-refractivity contribution in [1.29, 1.82) is 0 Å². The van der Waals surface area contributed by atoms with Crippen LogP contribution in [-0.4, -0.2) is 58.4 Å². The van der Waals surface area contributed by atoms with E-state index in [0.717, 1.165) is 31.6 Å². The van der Waals surface area contributed by atoms with Gasteiger partial charge < -0.3 is 14.9 Å². The topological polar surface area (TPSA) is 77.9 Å². The maximum Gasteiger partial charge on any atom is 0.306 e. The zero-order valence-electron chi connectivity index (χ0n) is 14.4. The third-order valence-electron chi connectivity index (χ3n) is 6.09. The molecule has 0 aromatic rings. The van der Waals surface area contributed by atoms with Gasteiger partial charge in [-0.2, -0.15) is 0 Å². The highest BCUT2D eigenvalue weighted by atomic mass is 16.4. The minimum Gasteiger partial charge on any atom is -0.481 e. The standard InChI is InChI=1S/C18H28N2O4/c1-12-2-4-15(5-3-12)20-11-14(10-16(20)21)17(22)19-8-6-13(7-9-19)18(23)24/h12-15H,2-11H2,1H3,(H,23,24)/t12?,14-,15?/m0/s1. The van der Waals surface area contributed by atoms with Crippen LogP contribution in [0.3, 0.4) is 0 Å². The number of hydrogen-bond donors (Lipinski definition) is 1. The number of carboxylic acids is 1. The molecular formula is C18H28N2O4. The van der Waals surface area contributed by atoms with Crippen molar-refractivity contribution in [3.05, 3.63) is 0 Å². The van der Waals surface area contributed by atoms with E-state index in [1.54, 1.807) is 4.90 Å². The molecule has 3 rings (SSSR count). The average Bonchev–Trinajstić information content (AvgIpc) is 2.97. The molecule has 0 spiro atoms. The zero-order valence-corrected chi connectivity index (χ0v) is 14.4. The number of nitrogens with zero attached hydrogens (tertiary/aromatic N) is 2. The number of piperidine rings is 1. The van der Waals surface area contributed by atoms with Gasteiger partial charge in [0, 0.05) is 32.1 Å². The smallest absolute Gasteiger partial charge is 0.306 e. The fourth-order valence-electron chi connectivity index (χ4n) is 4.41. The Bertz CT molecular complexity index is 505. The van der Waals surface area contributed by atoms with Crippen LogP contribution in [0.5, 0.6) is 0 Å². The Labute approximate surface area is 143 Å². The van der Waals surface area contributed by atoms with E-state index in [1.165, 1.54) is 0 Å². The molecule has 3 fully saturated rings. The minimum absolute atomic E-state index is 0.0406. The summed E-state index contributed by atoms with van der Waals surface area (Å²) in [6.45, 7) is 3.81. The molecule has 2 saturated heterocycles. The lowest BCUT2D eigenvalue weighted by molar-refractivity contribution is -0.146. The van der Waals surface area contributed by atoms with E-state index < -0.39 is 5.97 Å². The predicted molar refractivity (Wildman–Crippen MR) is 88.2 cm³/mol. The molecule has 0 bridgehead atoms. The van der Waals surface area contributed by atoms with Crippen molar-refractivity contribution in [3.63, 3.8) is 0 Å². The van der Waals surface area contributed by atoms with Crippen molar-refractivity contribution in [1.82, 2.24) is 9.80 Å². The Balaban J connectivity index is 1.54. The number of likely N-dealkylation sites (tertiary alicyclic amines) is 2. The molecule has 0 radical (unpaired) electrons. The summed E-state index contributed by atoms with van der Waals surface area (Å²) >= 11 is 0. The highest BCUT2D eigenvalue weighted by Crippen LogP contribution is 2.32. The van der Waals surface area contributed by atoms with Crippen molar-refractivity contribution in [2.24, 2.45) is 17.8 Å². The van der Waals surface area contributed by atoms with Gasteiger partial charge in [0.1, 0.15) is 0 Å². The van der Waals surface area contributed by atoms with E-state index in [2.05, 4.69) is 6.92 Å². The quantitative estimate of drug-likeness (QED) is 0.851. The van der Waals surface area contributed by atoms with E-state index in [1.807, 2.05) is 4.90 Å². The van der Waals surface area contributed by atoms with E-state index in [4.69, 9.17) is 5.11 Å². The predicted octanol–water partition coefficient (Wildman–Crippen LogP) is 1.74. The monoisotopic (exact) mass is 336 g/mol. The summed E-state index contributed by atoms with van der Waals surface area (Å²) in [7, 11) is 0. The van der Waals surface area contributed by atoms with Gasteiger partial charge >= 0.3 is 5.97 Å². The van der Waals surface area contributed by atoms with Crippen LogP contribution in [0.1, 0.15) is 51.9 Å². The zero-order chi connectivity index (χ0) is 17.3. The number of rotatable bonds is 3. The van der Waals surface area contributed by atoms with Crippen molar-refractivity contribution < 1.29 is 19.5 Å². The second-order valence-electron chi connectivity index (χ2n) is 7.80. The fourth-order valence-corrected chi connectivity index (χ4v) is 4.41. The van der Waals surface area contributed by atoms with Crippen molar-refractivity contribution in [2.45, 2.75) is 57.9 Å². The van der Waals surface area contributed by atoms with Crippen LogP contribution in [0.25, 0.3) is 0 Å². The molecule has 0 unspecified atom stereocenters. The molecular weight excluding hydrogens is 308 g/mol. The largest absolute Gasteiger partial charge is 0.481 e. The van der Waals surface area contributed by atoms with Crippen LogP contribution < -0.4 is 0 Å². The van der Waals surface area contributed by atoms with Gasteiger partial charge in [-0.15, -0.1) is 0 Å². The van der Waals surface area contributed by atoms with Gasteiger partial charge in [0.15, 0.2) is 0 Å². The van der Waals surface area contributed by atoms with Crippen molar-refractivity contribution >= 4 is 17.8 Å². The summed E-state index contributed by atoms with van der Waals surface area (Å²) in [6.07, 6.45) is 5.79. The summed E-state index contributed by atoms with van der Waals surface area (Å²) < 4.78 is 0. The van der Waals surface area contributed by atoms with Crippen LogP contribution in [0.2, 0.25) is 0 Å². The van der Waals surface area contributed by atoms with Crippen molar-refractivity contribution in [2.75, 3.05) is 19.6 Å². The van der Waals surface area contributed by atoms with Gasteiger partial charge in [-0.05, 0) is 44.4 Å². The van der Waals surface area contributed by atoms with Crippen LogP contribution in [0.4, 0.5) is 0 Å². The maximum absolute atomic E-state index is 12.7. The van der Waals surface area contributed by atoms with Crippen LogP contribution in [0, 0.1) is 17.8 Å². The van der Waals surface area contributed by atoms with Crippen LogP contribution in [0.15, 0.2) is 0 Å². The van der Waals surface area contributed by atoms with Crippen LogP contribution >= 0.6 is 0 Å². The number of aliphatic carboxylic acids is 1. The summed E-state index contributed by atoms with van der Waals surface area (Å²) in [5.41, 5.74) is 0. The molecule has 6 nitrogen and oxygen atoms in total. The summed E-state index contributed by atoms with van der Waals surface area (Å²) in [6, 6.07) is 0.309. The second kappa shape index (κ2) is 7.11. The fraction of sp³-hybridized carbons (Fsp3) is 0.833. The molecule has 134 valence electrons. The van der Waals surface area contributed by atoms with E-state index >= 15 is 0 Å². The molecule has 6 heteroatoms. The number of carbonyl (C=O) groups is 3. The molecule has 1 aliphatic carbocycles. The number of hydrogen-bond acceptors (Lipinski definition) is 3. The van der Waals surface area contributed by atoms with Crippen molar-refractivity contribution in [3.8, 4) is 0 Å². The molecule has 0 aromatic carbocycles. The Hall–Kier alpha value is -1.59. The highest BCUT2D eigenvalue weighted by Gasteiger charge is 2.41. The van der Waals surface area contributed by atoms with Gasteiger partial charge in [0.2, 0.25) is 11.8 Å². The highest BCUT2D eigenvalue weighted by molar-refractivity contribution is 5.89. The van der Waals surface area contributed by atoms with Gasteiger partial charge in [-0.3, -0.25) is 14.4 Å². The van der Waals surface area contributed by atoms with Crippen LogP contribution in [-0.2, 0) is 14.4 Å². The molecule has 1 atom stereocenters. The lowest BCUT2D eigenvalue weighted by atomic mass is 9.86. The molecule has 24 heavy (non-hydrogen) atoms. The van der Waals surface area contributed by atoms with Gasteiger partial charge in [-0.25, -0.2) is 0 Å². The van der Waals surface area contributed by atoms with E-state index in [-0.39, 0.29) is 23.7 Å². The molecule has 1 N–H and O–H groups in total. The summed E-state index contributed by atoms with van der Waals surface area (Å²) in [4.78, 5) is 39.8. The van der Waals surface area contributed by atoms with Gasteiger partial charge in [0.25, 0.3) is 0 Å². The molecule has 2 heterocycles. The Morgan fingerprint density at radius 1 is 1.00 bits per heavy atom. The molecule has 2 amide bonds. The van der Waals surface area contributed by atoms with Gasteiger partial charge in [0.05, 0.1) is 11.8 Å².